The van der Waals surface area contributed by atoms with Crippen molar-refractivity contribution in [3.8, 4) is 0 Å². The van der Waals surface area contributed by atoms with Gasteiger partial charge in [0.2, 0.25) is 5.28 Å². The lowest BCUT2D eigenvalue weighted by Crippen LogP contribution is -2.47. The molecule has 1 aromatic carbocycles. The number of rotatable bonds is 5. The fourth-order valence-electron chi connectivity index (χ4n) is 3.28. The van der Waals surface area contributed by atoms with Gasteiger partial charge < -0.3 is 5.11 Å². The van der Waals surface area contributed by atoms with Gasteiger partial charge >= 0.3 is 0 Å². The van der Waals surface area contributed by atoms with Crippen LogP contribution >= 0.6 is 11.6 Å². The molecule has 0 spiro atoms. The Bertz CT molecular complexity index is 840. The van der Waals surface area contributed by atoms with Crippen molar-refractivity contribution in [3.63, 3.8) is 0 Å². The quantitative estimate of drug-likeness (QED) is 0.764. The molecule has 0 radical (unpaired) electrons. The van der Waals surface area contributed by atoms with Crippen LogP contribution in [0.15, 0.2) is 43.2 Å². The Labute approximate surface area is 143 Å². The van der Waals surface area contributed by atoms with Gasteiger partial charge in [0.1, 0.15) is 24.6 Å². The van der Waals surface area contributed by atoms with Crippen LogP contribution in [0.2, 0.25) is 5.28 Å². The van der Waals surface area contributed by atoms with Crippen molar-refractivity contribution < 1.29 is 5.11 Å². The van der Waals surface area contributed by atoms with E-state index in [1.165, 1.54) is 6.33 Å². The molecule has 2 aromatic heterocycles. The molecule has 1 saturated carbocycles. The SMILES string of the molecule is Cc1ccc(C(O)(Cn2cncn2)C2(n3cnc(Cl)n3)CC2)cc1. The molecule has 0 aliphatic heterocycles. The number of aromatic nitrogens is 6. The third-order valence-electron chi connectivity index (χ3n) is 4.78. The molecule has 4 rings (SSSR count). The summed E-state index contributed by atoms with van der Waals surface area (Å²) in [5.41, 5.74) is 0.156. The Hall–Kier alpha value is -2.25. The number of nitrogens with zero attached hydrogens (tertiary/aromatic N) is 6. The first-order chi connectivity index (χ1) is 11.5. The van der Waals surface area contributed by atoms with E-state index in [0.717, 1.165) is 24.0 Å². The van der Waals surface area contributed by atoms with Crippen molar-refractivity contribution in [1.82, 2.24) is 29.5 Å². The Morgan fingerprint density at radius 1 is 1.25 bits per heavy atom. The fraction of sp³-hybridized carbons (Fsp3) is 0.375. The normalized spacial score (nSPS) is 18.3. The third kappa shape index (κ3) is 2.32. The number of hydrogen-bond donors (Lipinski definition) is 1. The monoisotopic (exact) mass is 344 g/mol. The lowest BCUT2D eigenvalue weighted by atomic mass is 9.83. The maximum atomic E-state index is 11.8. The van der Waals surface area contributed by atoms with E-state index in [1.54, 1.807) is 22.0 Å². The van der Waals surface area contributed by atoms with Gasteiger partial charge in [-0.2, -0.15) is 5.10 Å². The standard InChI is InChI=1S/C16H17ClN6O/c1-12-2-4-13(5-3-12)16(24,8-22-10-18-9-20-22)15(6-7-15)23-11-19-14(17)21-23/h2-5,9-11,24H,6-8H2,1H3. The molecular weight excluding hydrogens is 328 g/mol. The van der Waals surface area contributed by atoms with Crippen molar-refractivity contribution in [3.05, 3.63) is 59.7 Å². The van der Waals surface area contributed by atoms with Gasteiger partial charge in [0.05, 0.1) is 12.1 Å². The minimum absolute atomic E-state index is 0.174. The zero-order valence-electron chi connectivity index (χ0n) is 13.2. The van der Waals surface area contributed by atoms with Gasteiger partial charge in [-0.3, -0.25) is 0 Å². The average molecular weight is 345 g/mol. The maximum absolute atomic E-state index is 11.8. The van der Waals surface area contributed by atoms with E-state index in [2.05, 4.69) is 20.2 Å². The number of aryl methyl sites for hydroxylation is 1. The van der Waals surface area contributed by atoms with E-state index in [9.17, 15) is 5.11 Å². The zero-order chi connectivity index (χ0) is 16.8. The first-order valence-electron chi connectivity index (χ1n) is 7.73. The summed E-state index contributed by atoms with van der Waals surface area (Å²) in [5, 5.41) is 20.4. The summed E-state index contributed by atoms with van der Waals surface area (Å²) >= 11 is 5.90. The van der Waals surface area contributed by atoms with Crippen LogP contribution in [-0.4, -0.2) is 34.6 Å². The number of hydrogen-bond acceptors (Lipinski definition) is 5. The largest absolute Gasteiger partial charge is 0.381 e. The number of benzene rings is 1. The summed E-state index contributed by atoms with van der Waals surface area (Å²) in [6.45, 7) is 2.29. The van der Waals surface area contributed by atoms with E-state index in [0.29, 0.717) is 0 Å². The fourth-order valence-corrected chi connectivity index (χ4v) is 3.41. The summed E-state index contributed by atoms with van der Waals surface area (Å²) in [7, 11) is 0. The smallest absolute Gasteiger partial charge is 0.242 e. The van der Waals surface area contributed by atoms with Crippen LogP contribution in [0, 0.1) is 6.92 Å². The van der Waals surface area contributed by atoms with E-state index in [1.807, 2.05) is 31.2 Å². The highest BCUT2D eigenvalue weighted by atomic mass is 35.5. The van der Waals surface area contributed by atoms with Crippen LogP contribution in [0.25, 0.3) is 0 Å². The maximum Gasteiger partial charge on any atom is 0.242 e. The van der Waals surface area contributed by atoms with Crippen LogP contribution in [0.1, 0.15) is 24.0 Å². The predicted octanol–water partition coefficient (Wildman–Crippen LogP) is 1.91. The first kappa shape index (κ1) is 15.3. The highest BCUT2D eigenvalue weighted by molar-refractivity contribution is 6.28. The molecule has 8 heteroatoms. The van der Waals surface area contributed by atoms with Gasteiger partial charge in [-0.25, -0.2) is 19.3 Å². The van der Waals surface area contributed by atoms with Gasteiger partial charge in [0.25, 0.3) is 0 Å². The Morgan fingerprint density at radius 2 is 2.00 bits per heavy atom. The molecule has 0 bridgehead atoms. The lowest BCUT2D eigenvalue weighted by Gasteiger charge is -2.37. The van der Waals surface area contributed by atoms with Crippen LogP contribution in [0.3, 0.4) is 0 Å². The second kappa shape index (κ2) is 5.39. The molecule has 0 saturated heterocycles. The minimum Gasteiger partial charge on any atom is -0.381 e. The summed E-state index contributed by atoms with van der Waals surface area (Å²) in [6, 6.07) is 7.88. The highest BCUT2D eigenvalue weighted by Crippen LogP contribution is 2.56. The summed E-state index contributed by atoms with van der Waals surface area (Å²) in [4.78, 5) is 7.99. The molecule has 24 heavy (non-hydrogen) atoms. The third-order valence-corrected chi connectivity index (χ3v) is 4.96. The second-order valence-corrected chi connectivity index (χ2v) is 6.65. The summed E-state index contributed by atoms with van der Waals surface area (Å²) in [6.07, 6.45) is 6.21. The molecule has 0 amide bonds. The molecule has 1 atom stereocenters. The first-order valence-corrected chi connectivity index (χ1v) is 8.11. The predicted molar refractivity (Wildman–Crippen MR) is 87.3 cm³/mol. The molecule has 7 nitrogen and oxygen atoms in total. The van der Waals surface area contributed by atoms with Crippen LogP contribution in [-0.2, 0) is 17.7 Å². The molecule has 1 aliphatic rings. The number of aliphatic hydroxyl groups is 1. The van der Waals surface area contributed by atoms with Gasteiger partial charge in [-0.05, 0) is 36.9 Å². The topological polar surface area (TPSA) is 81.6 Å². The molecule has 1 unspecified atom stereocenters. The van der Waals surface area contributed by atoms with Crippen molar-refractivity contribution in [1.29, 1.82) is 0 Å². The molecule has 2 heterocycles. The van der Waals surface area contributed by atoms with Gasteiger partial charge in [-0.15, -0.1) is 5.10 Å². The van der Waals surface area contributed by atoms with E-state index in [4.69, 9.17) is 11.6 Å². The molecule has 3 aromatic rings. The van der Waals surface area contributed by atoms with Crippen molar-refractivity contribution in [2.45, 2.75) is 37.5 Å². The molecular formula is C16H17ClN6O. The van der Waals surface area contributed by atoms with Crippen LogP contribution < -0.4 is 0 Å². The van der Waals surface area contributed by atoms with Crippen molar-refractivity contribution in [2.24, 2.45) is 0 Å². The number of halogens is 1. The van der Waals surface area contributed by atoms with E-state index in [-0.39, 0.29) is 11.8 Å². The van der Waals surface area contributed by atoms with E-state index < -0.39 is 11.1 Å². The minimum atomic E-state index is -1.20. The average Bonchev–Trinajstić information content (AvgIpc) is 3.02. The molecule has 1 N–H and O–H groups in total. The Balaban J connectivity index is 1.82. The Morgan fingerprint density at radius 3 is 2.54 bits per heavy atom. The van der Waals surface area contributed by atoms with Gasteiger partial charge in [0, 0.05) is 0 Å². The van der Waals surface area contributed by atoms with Crippen molar-refractivity contribution in [2.75, 3.05) is 0 Å². The van der Waals surface area contributed by atoms with Gasteiger partial charge in [0.15, 0.2) is 0 Å². The highest BCUT2D eigenvalue weighted by Gasteiger charge is 2.62. The summed E-state index contributed by atoms with van der Waals surface area (Å²) in [5.74, 6) is 0. The van der Waals surface area contributed by atoms with Crippen LogP contribution in [0.4, 0.5) is 0 Å². The lowest BCUT2D eigenvalue weighted by molar-refractivity contribution is -0.0551. The molecule has 124 valence electrons. The molecule has 1 aliphatic carbocycles. The van der Waals surface area contributed by atoms with Gasteiger partial charge in [-0.1, -0.05) is 29.8 Å². The van der Waals surface area contributed by atoms with Crippen LogP contribution in [0.5, 0.6) is 0 Å². The molecule has 1 fully saturated rings. The second-order valence-electron chi connectivity index (χ2n) is 6.31. The Kier molecular flexibility index (Phi) is 3.43. The zero-order valence-corrected chi connectivity index (χ0v) is 13.9. The summed E-state index contributed by atoms with van der Waals surface area (Å²) < 4.78 is 3.32. The van der Waals surface area contributed by atoms with E-state index >= 15 is 0 Å². The van der Waals surface area contributed by atoms with Crippen molar-refractivity contribution >= 4 is 11.6 Å².